The third-order valence-corrected chi connectivity index (χ3v) is 3.43. The third kappa shape index (κ3) is 4.52. The highest BCUT2D eigenvalue weighted by atomic mass is 32.2. The molecule has 1 aromatic carbocycles. The summed E-state index contributed by atoms with van der Waals surface area (Å²) in [6.45, 7) is 6.54. The molecule has 2 heteroatoms. The largest absolute Gasteiger partial charge is 0.303 e. The number of carbonyl (C=O) groups excluding carboxylic acids is 1. The summed E-state index contributed by atoms with van der Waals surface area (Å²) >= 11 is 1.85. The maximum atomic E-state index is 10.7. The highest BCUT2D eigenvalue weighted by Crippen LogP contribution is 2.39. The van der Waals surface area contributed by atoms with Gasteiger partial charge in [-0.15, -0.1) is 11.8 Å². The van der Waals surface area contributed by atoms with Crippen LogP contribution in [0.1, 0.15) is 38.0 Å². The highest BCUT2D eigenvalue weighted by Gasteiger charge is 2.20. The van der Waals surface area contributed by atoms with Crippen LogP contribution in [0.15, 0.2) is 30.3 Å². The van der Waals surface area contributed by atoms with Gasteiger partial charge in [-0.05, 0) is 5.56 Å². The lowest BCUT2D eigenvalue weighted by Crippen LogP contribution is -2.11. The number of benzene rings is 1. The van der Waals surface area contributed by atoms with E-state index in [0.717, 1.165) is 6.29 Å². The van der Waals surface area contributed by atoms with Gasteiger partial charge < -0.3 is 4.79 Å². The predicted molar refractivity (Wildman–Crippen MR) is 67.2 cm³/mol. The van der Waals surface area contributed by atoms with E-state index < -0.39 is 0 Å². The number of hydrogen-bond donors (Lipinski definition) is 0. The molecule has 15 heavy (non-hydrogen) atoms. The second-order valence-corrected chi connectivity index (χ2v) is 6.56. The van der Waals surface area contributed by atoms with Crippen molar-refractivity contribution in [3.63, 3.8) is 0 Å². The smallest absolute Gasteiger partial charge is 0.121 e. The van der Waals surface area contributed by atoms with Crippen LogP contribution in [-0.2, 0) is 4.79 Å². The van der Waals surface area contributed by atoms with Crippen molar-refractivity contribution in [1.29, 1.82) is 0 Å². The number of carbonyl (C=O) groups is 1. The van der Waals surface area contributed by atoms with Crippen LogP contribution in [0, 0.1) is 0 Å². The van der Waals surface area contributed by atoms with Crippen molar-refractivity contribution in [2.45, 2.75) is 37.2 Å². The zero-order chi connectivity index (χ0) is 11.3. The number of thioether (sulfide) groups is 1. The molecule has 0 heterocycles. The Hall–Kier alpha value is -0.760. The summed E-state index contributed by atoms with van der Waals surface area (Å²) in [4.78, 5) is 10.7. The molecule has 0 N–H and O–H groups in total. The highest BCUT2D eigenvalue weighted by molar-refractivity contribution is 8.00. The lowest BCUT2D eigenvalue weighted by Gasteiger charge is -2.24. The molecule has 0 aromatic heterocycles. The van der Waals surface area contributed by atoms with Crippen molar-refractivity contribution in [2.75, 3.05) is 0 Å². The van der Waals surface area contributed by atoms with E-state index in [0.29, 0.717) is 6.42 Å². The van der Waals surface area contributed by atoms with Crippen LogP contribution in [0.3, 0.4) is 0 Å². The van der Waals surface area contributed by atoms with Gasteiger partial charge in [0.15, 0.2) is 0 Å². The van der Waals surface area contributed by atoms with E-state index in [1.165, 1.54) is 5.56 Å². The minimum Gasteiger partial charge on any atom is -0.303 e. The van der Waals surface area contributed by atoms with Crippen molar-refractivity contribution >= 4 is 18.0 Å². The Labute approximate surface area is 96.3 Å². The van der Waals surface area contributed by atoms with Crippen LogP contribution >= 0.6 is 11.8 Å². The Balaban J connectivity index is 2.79. The van der Waals surface area contributed by atoms with Gasteiger partial charge in [-0.3, -0.25) is 0 Å². The first kappa shape index (κ1) is 12.3. The molecule has 0 aliphatic carbocycles. The molecule has 0 aliphatic heterocycles. The van der Waals surface area contributed by atoms with Gasteiger partial charge in [0.05, 0.1) is 0 Å². The van der Waals surface area contributed by atoms with Crippen molar-refractivity contribution in [2.24, 2.45) is 0 Å². The maximum absolute atomic E-state index is 10.7. The van der Waals surface area contributed by atoms with Gasteiger partial charge in [0.25, 0.3) is 0 Å². The third-order valence-electron chi connectivity index (χ3n) is 1.98. The van der Waals surface area contributed by atoms with E-state index in [2.05, 4.69) is 32.9 Å². The molecule has 0 aliphatic rings. The Kier molecular flexibility index (Phi) is 4.40. The lowest BCUT2D eigenvalue weighted by atomic mass is 10.1. The Bertz CT molecular complexity index is 300. The van der Waals surface area contributed by atoms with Crippen LogP contribution in [0.5, 0.6) is 0 Å². The molecule has 0 saturated heterocycles. The fourth-order valence-corrected chi connectivity index (χ4v) is 2.76. The molecule has 1 aromatic rings. The molecule has 0 amide bonds. The molecular formula is C13H18OS. The average Bonchev–Trinajstić information content (AvgIpc) is 2.17. The van der Waals surface area contributed by atoms with Crippen molar-refractivity contribution in [1.82, 2.24) is 0 Å². The van der Waals surface area contributed by atoms with E-state index in [9.17, 15) is 4.79 Å². The van der Waals surface area contributed by atoms with Crippen LogP contribution in [-0.4, -0.2) is 11.0 Å². The standard InChI is InChI=1S/C13H18OS/c1-13(2,3)15-12(9-10-14)11-7-5-4-6-8-11/h4-8,10,12H,9H2,1-3H3/t12-/m1/s1. The first-order valence-electron chi connectivity index (χ1n) is 5.19. The summed E-state index contributed by atoms with van der Waals surface area (Å²) in [5, 5.41) is 0.281. The molecular weight excluding hydrogens is 204 g/mol. The average molecular weight is 222 g/mol. The molecule has 82 valence electrons. The van der Waals surface area contributed by atoms with E-state index in [-0.39, 0.29) is 10.00 Å². The lowest BCUT2D eigenvalue weighted by molar-refractivity contribution is -0.107. The molecule has 0 spiro atoms. The zero-order valence-corrected chi connectivity index (χ0v) is 10.4. The summed E-state index contributed by atoms with van der Waals surface area (Å²) in [6, 6.07) is 10.2. The van der Waals surface area contributed by atoms with Crippen LogP contribution in [0.4, 0.5) is 0 Å². The van der Waals surface area contributed by atoms with E-state index in [4.69, 9.17) is 0 Å². The first-order valence-corrected chi connectivity index (χ1v) is 6.07. The molecule has 0 unspecified atom stereocenters. The molecule has 0 radical (unpaired) electrons. The number of hydrogen-bond acceptors (Lipinski definition) is 2. The minimum atomic E-state index is 0.184. The van der Waals surface area contributed by atoms with Gasteiger partial charge in [0, 0.05) is 16.4 Å². The SMILES string of the molecule is CC(C)(C)S[C@H](CC=O)c1ccccc1. The predicted octanol–water partition coefficient (Wildman–Crippen LogP) is 3.85. The van der Waals surface area contributed by atoms with Gasteiger partial charge >= 0.3 is 0 Å². The molecule has 1 atom stereocenters. The maximum Gasteiger partial charge on any atom is 0.121 e. The van der Waals surface area contributed by atoms with Gasteiger partial charge in [-0.2, -0.15) is 0 Å². The van der Waals surface area contributed by atoms with Gasteiger partial charge in [0.2, 0.25) is 0 Å². The summed E-state index contributed by atoms with van der Waals surface area (Å²) in [5.74, 6) is 0. The molecule has 0 saturated carbocycles. The van der Waals surface area contributed by atoms with Gasteiger partial charge in [-0.25, -0.2) is 0 Å². The summed E-state index contributed by atoms with van der Waals surface area (Å²) < 4.78 is 0.184. The van der Waals surface area contributed by atoms with Gasteiger partial charge in [-0.1, -0.05) is 51.1 Å². The second kappa shape index (κ2) is 5.36. The van der Waals surface area contributed by atoms with E-state index in [1.54, 1.807) is 0 Å². The fourth-order valence-electron chi connectivity index (χ4n) is 1.43. The van der Waals surface area contributed by atoms with Crippen molar-refractivity contribution in [3.8, 4) is 0 Å². The Morgan fingerprint density at radius 1 is 1.27 bits per heavy atom. The quantitative estimate of drug-likeness (QED) is 0.720. The fraction of sp³-hybridized carbons (Fsp3) is 0.462. The Morgan fingerprint density at radius 2 is 1.87 bits per heavy atom. The second-order valence-electron chi connectivity index (χ2n) is 4.53. The minimum absolute atomic E-state index is 0.184. The molecule has 1 nitrogen and oxygen atoms in total. The van der Waals surface area contributed by atoms with Crippen LogP contribution in [0.25, 0.3) is 0 Å². The monoisotopic (exact) mass is 222 g/mol. The van der Waals surface area contributed by atoms with E-state index in [1.807, 2.05) is 30.0 Å². The van der Waals surface area contributed by atoms with Crippen LogP contribution in [0.2, 0.25) is 0 Å². The first-order chi connectivity index (χ1) is 7.03. The summed E-state index contributed by atoms with van der Waals surface area (Å²) in [7, 11) is 0. The molecule has 0 fully saturated rings. The summed E-state index contributed by atoms with van der Waals surface area (Å²) in [5.41, 5.74) is 1.24. The molecule has 1 rings (SSSR count). The summed E-state index contributed by atoms with van der Waals surface area (Å²) in [6.07, 6.45) is 1.60. The normalized spacial score (nSPS) is 13.5. The Morgan fingerprint density at radius 3 is 2.33 bits per heavy atom. The van der Waals surface area contributed by atoms with Crippen LogP contribution < -0.4 is 0 Å². The number of rotatable bonds is 4. The van der Waals surface area contributed by atoms with Gasteiger partial charge in [0.1, 0.15) is 6.29 Å². The number of aldehydes is 1. The molecule has 0 bridgehead atoms. The van der Waals surface area contributed by atoms with Crippen molar-refractivity contribution in [3.05, 3.63) is 35.9 Å². The van der Waals surface area contributed by atoms with E-state index >= 15 is 0 Å². The van der Waals surface area contributed by atoms with Crippen molar-refractivity contribution < 1.29 is 4.79 Å². The zero-order valence-electron chi connectivity index (χ0n) is 9.57. The topological polar surface area (TPSA) is 17.1 Å².